The van der Waals surface area contributed by atoms with E-state index in [1.165, 1.54) is 56.4 Å². The number of piperidine rings is 1. The van der Waals surface area contributed by atoms with E-state index >= 15 is 0 Å². The van der Waals surface area contributed by atoms with Crippen molar-refractivity contribution in [2.45, 2.75) is 38.1 Å². The normalized spacial score (nSPS) is 23.5. The van der Waals surface area contributed by atoms with E-state index < -0.39 is 0 Å². The van der Waals surface area contributed by atoms with Gasteiger partial charge in [0.15, 0.2) is 0 Å². The molecule has 1 aliphatic carbocycles. The van der Waals surface area contributed by atoms with E-state index in [2.05, 4.69) is 16.3 Å². The van der Waals surface area contributed by atoms with Gasteiger partial charge in [0.2, 0.25) is 0 Å². The van der Waals surface area contributed by atoms with Gasteiger partial charge in [-0.1, -0.05) is 12.5 Å². The monoisotopic (exact) mass is 260 g/mol. The zero-order valence-electron chi connectivity index (χ0n) is 11.6. The standard InChI is InChI=1S/C16H24N2O/c19-14-5-6-15-13(12-14)4-7-16(15)17-8-11-18-9-2-1-3-10-18/h5-6,12,16-17,19H,1-4,7-11H2. The molecule has 0 aromatic heterocycles. The number of hydrogen-bond acceptors (Lipinski definition) is 3. The van der Waals surface area contributed by atoms with Crippen LogP contribution in [0.1, 0.15) is 42.9 Å². The van der Waals surface area contributed by atoms with Gasteiger partial charge in [-0.05, 0) is 62.0 Å². The van der Waals surface area contributed by atoms with Crippen molar-refractivity contribution in [2.75, 3.05) is 26.2 Å². The number of fused-ring (bicyclic) bond motifs is 1. The minimum Gasteiger partial charge on any atom is -0.508 e. The average molecular weight is 260 g/mol. The minimum absolute atomic E-state index is 0.396. The van der Waals surface area contributed by atoms with Crippen LogP contribution in [0, 0.1) is 0 Å². The van der Waals surface area contributed by atoms with Crippen molar-refractivity contribution < 1.29 is 5.11 Å². The van der Waals surface area contributed by atoms with Gasteiger partial charge >= 0.3 is 0 Å². The van der Waals surface area contributed by atoms with Crippen LogP contribution < -0.4 is 5.32 Å². The summed E-state index contributed by atoms with van der Waals surface area (Å²) in [7, 11) is 0. The van der Waals surface area contributed by atoms with Crippen molar-refractivity contribution in [3.05, 3.63) is 29.3 Å². The summed E-state index contributed by atoms with van der Waals surface area (Å²) in [5.74, 6) is 0.396. The Kier molecular flexibility index (Phi) is 4.04. The number of phenolic OH excluding ortho intramolecular Hbond substituents is 1. The van der Waals surface area contributed by atoms with Gasteiger partial charge < -0.3 is 15.3 Å². The van der Waals surface area contributed by atoms with Crippen LogP contribution in [0.3, 0.4) is 0 Å². The van der Waals surface area contributed by atoms with Gasteiger partial charge in [-0.3, -0.25) is 0 Å². The van der Waals surface area contributed by atoms with Crippen LogP contribution >= 0.6 is 0 Å². The average Bonchev–Trinajstić information content (AvgIpc) is 2.82. The van der Waals surface area contributed by atoms with Crippen molar-refractivity contribution in [1.82, 2.24) is 10.2 Å². The molecule has 1 fully saturated rings. The summed E-state index contributed by atoms with van der Waals surface area (Å²) in [6.45, 7) is 4.79. The van der Waals surface area contributed by atoms with Crippen molar-refractivity contribution in [3.8, 4) is 5.75 Å². The molecule has 1 aromatic carbocycles. The lowest BCUT2D eigenvalue weighted by atomic mass is 10.1. The lowest BCUT2D eigenvalue weighted by molar-refractivity contribution is 0.226. The quantitative estimate of drug-likeness (QED) is 0.873. The van der Waals surface area contributed by atoms with E-state index in [0.717, 1.165) is 13.0 Å². The maximum Gasteiger partial charge on any atom is 0.115 e. The highest BCUT2D eigenvalue weighted by atomic mass is 16.3. The molecule has 2 aliphatic rings. The zero-order valence-corrected chi connectivity index (χ0v) is 11.6. The largest absolute Gasteiger partial charge is 0.508 e. The Balaban J connectivity index is 1.49. The number of likely N-dealkylation sites (tertiary alicyclic amines) is 1. The van der Waals surface area contributed by atoms with Gasteiger partial charge in [-0.15, -0.1) is 0 Å². The van der Waals surface area contributed by atoms with Crippen molar-refractivity contribution in [3.63, 3.8) is 0 Å². The molecular weight excluding hydrogens is 236 g/mol. The first-order valence-corrected chi connectivity index (χ1v) is 7.60. The second-order valence-corrected chi connectivity index (χ2v) is 5.83. The van der Waals surface area contributed by atoms with E-state index in [1.807, 2.05) is 12.1 Å². The number of hydrogen-bond donors (Lipinski definition) is 2. The third kappa shape index (κ3) is 3.10. The predicted molar refractivity (Wildman–Crippen MR) is 77.5 cm³/mol. The number of aryl methyl sites for hydroxylation is 1. The van der Waals surface area contributed by atoms with Crippen LogP contribution in [0.25, 0.3) is 0 Å². The molecule has 3 nitrogen and oxygen atoms in total. The Hall–Kier alpha value is -1.06. The summed E-state index contributed by atoms with van der Waals surface area (Å²) in [5.41, 5.74) is 2.70. The Bertz CT molecular complexity index is 427. The van der Waals surface area contributed by atoms with Gasteiger partial charge in [0.1, 0.15) is 5.75 Å². The molecule has 1 aliphatic heterocycles. The summed E-state index contributed by atoms with van der Waals surface area (Å²) in [6.07, 6.45) is 6.39. The first-order valence-electron chi connectivity index (χ1n) is 7.60. The van der Waals surface area contributed by atoms with Crippen molar-refractivity contribution in [2.24, 2.45) is 0 Å². The lowest BCUT2D eigenvalue weighted by Gasteiger charge is -2.27. The topological polar surface area (TPSA) is 35.5 Å². The fraction of sp³-hybridized carbons (Fsp3) is 0.625. The molecule has 1 aromatic rings. The third-order valence-electron chi connectivity index (χ3n) is 4.47. The highest BCUT2D eigenvalue weighted by molar-refractivity contribution is 5.39. The number of nitrogens with one attached hydrogen (secondary N) is 1. The molecule has 2 N–H and O–H groups in total. The van der Waals surface area contributed by atoms with E-state index in [1.54, 1.807) is 0 Å². The molecule has 3 rings (SSSR count). The summed E-state index contributed by atoms with van der Waals surface area (Å²) >= 11 is 0. The summed E-state index contributed by atoms with van der Waals surface area (Å²) in [6, 6.07) is 6.29. The number of rotatable bonds is 4. The SMILES string of the molecule is Oc1ccc2c(c1)CCC2NCCN1CCCCC1. The van der Waals surface area contributed by atoms with E-state index in [-0.39, 0.29) is 0 Å². The molecule has 1 saturated heterocycles. The molecule has 3 heteroatoms. The lowest BCUT2D eigenvalue weighted by Crippen LogP contribution is -2.36. The highest BCUT2D eigenvalue weighted by Gasteiger charge is 2.22. The van der Waals surface area contributed by atoms with Gasteiger partial charge in [0, 0.05) is 19.1 Å². The van der Waals surface area contributed by atoms with Gasteiger partial charge in [-0.25, -0.2) is 0 Å². The van der Waals surface area contributed by atoms with Gasteiger partial charge in [-0.2, -0.15) is 0 Å². The first-order chi connectivity index (χ1) is 9.33. The maximum absolute atomic E-state index is 9.50. The van der Waals surface area contributed by atoms with Crippen LogP contribution in [0.5, 0.6) is 5.75 Å². The van der Waals surface area contributed by atoms with E-state index in [4.69, 9.17) is 0 Å². The van der Waals surface area contributed by atoms with Crippen LogP contribution in [-0.4, -0.2) is 36.2 Å². The Morgan fingerprint density at radius 3 is 2.89 bits per heavy atom. The summed E-state index contributed by atoms with van der Waals surface area (Å²) in [5, 5.41) is 13.2. The molecule has 104 valence electrons. The smallest absolute Gasteiger partial charge is 0.115 e. The molecule has 0 spiro atoms. The molecule has 1 heterocycles. The number of aromatic hydroxyl groups is 1. The molecule has 0 amide bonds. The Labute approximate surface area is 115 Å². The molecule has 0 saturated carbocycles. The maximum atomic E-state index is 9.50. The predicted octanol–water partition coefficient (Wildman–Crippen LogP) is 2.46. The van der Waals surface area contributed by atoms with Crippen LogP contribution in [-0.2, 0) is 6.42 Å². The molecule has 0 radical (unpaired) electrons. The number of benzene rings is 1. The molecular formula is C16H24N2O. The van der Waals surface area contributed by atoms with Gasteiger partial charge in [0.25, 0.3) is 0 Å². The fourth-order valence-electron chi connectivity index (χ4n) is 3.40. The molecule has 19 heavy (non-hydrogen) atoms. The van der Waals surface area contributed by atoms with E-state index in [9.17, 15) is 5.11 Å². The molecule has 0 bridgehead atoms. The zero-order chi connectivity index (χ0) is 13.1. The second kappa shape index (κ2) is 5.93. The highest BCUT2D eigenvalue weighted by Crippen LogP contribution is 2.32. The van der Waals surface area contributed by atoms with Crippen LogP contribution in [0.2, 0.25) is 0 Å². The summed E-state index contributed by atoms with van der Waals surface area (Å²) < 4.78 is 0. The summed E-state index contributed by atoms with van der Waals surface area (Å²) in [4.78, 5) is 2.57. The van der Waals surface area contributed by atoms with Crippen molar-refractivity contribution in [1.29, 1.82) is 0 Å². The Morgan fingerprint density at radius 2 is 2.05 bits per heavy atom. The number of phenols is 1. The van der Waals surface area contributed by atoms with E-state index in [0.29, 0.717) is 11.8 Å². The van der Waals surface area contributed by atoms with Crippen molar-refractivity contribution >= 4 is 0 Å². The molecule has 1 atom stereocenters. The van der Waals surface area contributed by atoms with Crippen LogP contribution in [0.4, 0.5) is 0 Å². The Morgan fingerprint density at radius 1 is 1.21 bits per heavy atom. The molecule has 1 unspecified atom stereocenters. The van der Waals surface area contributed by atoms with Gasteiger partial charge in [0.05, 0.1) is 0 Å². The van der Waals surface area contributed by atoms with Crippen LogP contribution in [0.15, 0.2) is 18.2 Å². The fourth-order valence-corrected chi connectivity index (χ4v) is 3.40. The minimum atomic E-state index is 0.396. The third-order valence-corrected chi connectivity index (χ3v) is 4.47. The second-order valence-electron chi connectivity index (χ2n) is 5.83. The first kappa shape index (κ1) is 12.9. The number of nitrogens with zero attached hydrogens (tertiary/aromatic N) is 1.